The van der Waals surface area contributed by atoms with E-state index in [-0.39, 0.29) is 11.4 Å². The van der Waals surface area contributed by atoms with Gasteiger partial charge in [0.2, 0.25) is 0 Å². The molecule has 116 valence electrons. The number of nitrogens with one attached hydrogen (secondary N) is 2. The summed E-state index contributed by atoms with van der Waals surface area (Å²) in [4.78, 5) is 10.7. The maximum Gasteiger partial charge on any atom is 0.316 e. The van der Waals surface area contributed by atoms with E-state index in [1.807, 2.05) is 0 Å². The normalized spacial score (nSPS) is 25.4. The number of nitrogen functional groups attached to an aromatic ring is 1. The highest BCUT2D eigenvalue weighted by Crippen LogP contribution is 2.35. The van der Waals surface area contributed by atoms with Crippen LogP contribution in [0.15, 0.2) is 18.2 Å². The third-order valence-corrected chi connectivity index (χ3v) is 4.05. The Morgan fingerprint density at radius 1 is 1.52 bits per heavy atom. The van der Waals surface area contributed by atoms with E-state index in [2.05, 4.69) is 17.7 Å². The van der Waals surface area contributed by atoms with Crippen molar-refractivity contribution in [2.24, 2.45) is 11.8 Å². The summed E-state index contributed by atoms with van der Waals surface area (Å²) in [5.41, 5.74) is 2.02. The maximum absolute atomic E-state index is 11.2. The molecule has 0 amide bonds. The fourth-order valence-electron chi connectivity index (χ4n) is 3.05. The molecule has 2 unspecified atom stereocenters. The molecule has 2 atom stereocenters. The average Bonchev–Trinajstić information content (AvgIpc) is 2.44. The summed E-state index contributed by atoms with van der Waals surface area (Å²) in [6.45, 7) is 2.41. The van der Waals surface area contributed by atoms with Gasteiger partial charge < -0.3 is 15.8 Å². The first-order valence-electron chi connectivity index (χ1n) is 7.15. The molecular weight excluding hydrogens is 272 g/mol. The van der Waals surface area contributed by atoms with Gasteiger partial charge in [0.1, 0.15) is 11.4 Å². The Labute approximate surface area is 123 Å². The second kappa shape index (κ2) is 6.28. The zero-order valence-electron chi connectivity index (χ0n) is 12.1. The number of hydrogen-bond acceptors (Lipinski definition) is 6. The maximum atomic E-state index is 11.2. The highest BCUT2D eigenvalue weighted by molar-refractivity contribution is 5.75. The number of para-hydroxylation sites is 1. The van der Waals surface area contributed by atoms with Gasteiger partial charge in [-0.1, -0.05) is 25.8 Å². The molecule has 0 heterocycles. The van der Waals surface area contributed by atoms with E-state index in [0.29, 0.717) is 31.0 Å². The Kier molecular flexibility index (Phi) is 4.64. The number of benzene rings is 1. The topological polar surface area (TPSA) is 113 Å². The lowest BCUT2D eigenvalue weighted by atomic mass is 9.79. The summed E-state index contributed by atoms with van der Waals surface area (Å²) < 4.78 is 0. The van der Waals surface area contributed by atoms with E-state index in [4.69, 9.17) is 5.84 Å². The number of hydrogen-bond donors (Lipinski definition) is 4. The van der Waals surface area contributed by atoms with Gasteiger partial charge in [0.05, 0.1) is 10.5 Å². The largest absolute Gasteiger partial charge is 0.388 e. The van der Waals surface area contributed by atoms with Gasteiger partial charge in [-0.25, -0.2) is 0 Å². The molecule has 7 heteroatoms. The van der Waals surface area contributed by atoms with Gasteiger partial charge in [-0.2, -0.15) is 0 Å². The summed E-state index contributed by atoms with van der Waals surface area (Å²) >= 11 is 0. The predicted molar refractivity (Wildman–Crippen MR) is 82.0 cm³/mol. The Morgan fingerprint density at radius 2 is 2.24 bits per heavy atom. The van der Waals surface area contributed by atoms with Crippen molar-refractivity contribution in [2.75, 3.05) is 17.3 Å². The van der Waals surface area contributed by atoms with Gasteiger partial charge in [0.25, 0.3) is 0 Å². The molecule has 1 fully saturated rings. The van der Waals surface area contributed by atoms with Crippen LogP contribution in [-0.4, -0.2) is 22.2 Å². The molecule has 1 aliphatic carbocycles. The fraction of sp³-hybridized carbons (Fsp3) is 0.571. The number of nitrogens with two attached hydrogens (primary N) is 1. The number of nitro groups is 1. The van der Waals surface area contributed by atoms with Crippen molar-refractivity contribution in [1.82, 2.24) is 0 Å². The first-order valence-corrected chi connectivity index (χ1v) is 7.15. The molecule has 0 radical (unpaired) electrons. The van der Waals surface area contributed by atoms with Crippen LogP contribution in [0.2, 0.25) is 0 Å². The summed E-state index contributed by atoms with van der Waals surface area (Å²) in [6.07, 6.45) is 3.52. The van der Waals surface area contributed by atoms with Crippen LogP contribution < -0.4 is 16.6 Å². The third-order valence-electron chi connectivity index (χ3n) is 4.05. The monoisotopic (exact) mass is 294 g/mol. The van der Waals surface area contributed by atoms with Gasteiger partial charge in [-0.3, -0.25) is 16.0 Å². The molecule has 2 rings (SSSR count). The lowest BCUT2D eigenvalue weighted by Gasteiger charge is -2.35. The Bertz CT molecular complexity index is 523. The van der Waals surface area contributed by atoms with Crippen molar-refractivity contribution in [3.05, 3.63) is 28.3 Å². The quantitative estimate of drug-likeness (QED) is 0.376. The van der Waals surface area contributed by atoms with Crippen molar-refractivity contribution in [3.8, 4) is 0 Å². The number of rotatable bonds is 5. The summed E-state index contributed by atoms with van der Waals surface area (Å²) in [5, 5.41) is 24.8. The van der Waals surface area contributed by atoms with Crippen LogP contribution in [-0.2, 0) is 0 Å². The van der Waals surface area contributed by atoms with Crippen molar-refractivity contribution in [3.63, 3.8) is 0 Å². The number of aliphatic hydroxyl groups is 1. The molecule has 1 aromatic rings. The van der Waals surface area contributed by atoms with Gasteiger partial charge in [-0.05, 0) is 30.9 Å². The van der Waals surface area contributed by atoms with Crippen LogP contribution in [0.4, 0.5) is 17.1 Å². The van der Waals surface area contributed by atoms with Crippen LogP contribution in [0.3, 0.4) is 0 Å². The molecule has 1 aliphatic rings. The van der Waals surface area contributed by atoms with Crippen LogP contribution in [0.1, 0.15) is 32.6 Å². The van der Waals surface area contributed by atoms with Crippen molar-refractivity contribution < 1.29 is 10.0 Å². The zero-order chi connectivity index (χ0) is 15.5. The minimum absolute atomic E-state index is 0.104. The van der Waals surface area contributed by atoms with E-state index >= 15 is 0 Å². The SMILES string of the molecule is CC1CCCC(O)(CNc2cccc(NN)c2[N+](=O)[O-])C1. The highest BCUT2D eigenvalue weighted by Gasteiger charge is 2.33. The van der Waals surface area contributed by atoms with Gasteiger partial charge >= 0.3 is 5.69 Å². The Morgan fingerprint density at radius 3 is 2.86 bits per heavy atom. The highest BCUT2D eigenvalue weighted by atomic mass is 16.6. The van der Waals surface area contributed by atoms with Crippen molar-refractivity contribution in [1.29, 1.82) is 0 Å². The van der Waals surface area contributed by atoms with Gasteiger partial charge in [0, 0.05) is 6.54 Å². The van der Waals surface area contributed by atoms with Crippen molar-refractivity contribution >= 4 is 17.1 Å². The smallest absolute Gasteiger partial charge is 0.316 e. The molecule has 21 heavy (non-hydrogen) atoms. The molecule has 0 aromatic heterocycles. The lowest BCUT2D eigenvalue weighted by Crippen LogP contribution is -2.41. The van der Waals surface area contributed by atoms with Gasteiger partial charge in [0.15, 0.2) is 0 Å². The molecule has 7 nitrogen and oxygen atoms in total. The first-order chi connectivity index (χ1) is 9.95. The van der Waals surface area contributed by atoms with E-state index in [1.165, 1.54) is 0 Å². The van der Waals surface area contributed by atoms with Crippen LogP contribution in [0.25, 0.3) is 0 Å². The summed E-state index contributed by atoms with van der Waals surface area (Å²) in [5.74, 6) is 5.78. The van der Waals surface area contributed by atoms with Gasteiger partial charge in [-0.15, -0.1) is 0 Å². The molecule has 5 N–H and O–H groups in total. The summed E-state index contributed by atoms with van der Waals surface area (Å²) in [6, 6.07) is 4.84. The van der Waals surface area contributed by atoms with Crippen LogP contribution in [0, 0.1) is 16.0 Å². The fourth-order valence-corrected chi connectivity index (χ4v) is 3.05. The molecule has 0 bridgehead atoms. The number of anilines is 2. The number of hydrazine groups is 1. The standard InChI is InChI=1S/C14H22N4O3/c1-10-4-3-7-14(19,8-10)9-16-11-5-2-6-12(17-15)13(11)18(20)21/h2,5-6,10,16-17,19H,3-4,7-9,15H2,1H3. The number of nitro benzene ring substituents is 1. The zero-order valence-corrected chi connectivity index (χ0v) is 12.1. The minimum Gasteiger partial charge on any atom is -0.388 e. The Balaban J connectivity index is 2.14. The van der Waals surface area contributed by atoms with E-state index in [1.54, 1.807) is 18.2 Å². The molecule has 1 aromatic carbocycles. The number of nitrogens with zero attached hydrogens (tertiary/aromatic N) is 1. The third kappa shape index (κ3) is 3.62. The Hall–Kier alpha value is -1.86. The molecular formula is C14H22N4O3. The average molecular weight is 294 g/mol. The summed E-state index contributed by atoms with van der Waals surface area (Å²) in [7, 11) is 0. The van der Waals surface area contributed by atoms with Crippen molar-refractivity contribution in [2.45, 2.75) is 38.2 Å². The van der Waals surface area contributed by atoms with E-state index in [0.717, 1.165) is 12.8 Å². The second-order valence-electron chi connectivity index (χ2n) is 5.88. The first kappa shape index (κ1) is 15.5. The van der Waals surface area contributed by atoms with Crippen LogP contribution >= 0.6 is 0 Å². The molecule has 1 saturated carbocycles. The van der Waals surface area contributed by atoms with Crippen LogP contribution in [0.5, 0.6) is 0 Å². The lowest BCUT2D eigenvalue weighted by molar-refractivity contribution is -0.383. The van der Waals surface area contributed by atoms with E-state index in [9.17, 15) is 15.2 Å². The minimum atomic E-state index is -0.808. The predicted octanol–water partition coefficient (Wildman–Crippen LogP) is 2.23. The molecule has 0 aliphatic heterocycles. The van der Waals surface area contributed by atoms with E-state index < -0.39 is 10.5 Å². The molecule has 0 saturated heterocycles. The molecule has 0 spiro atoms. The second-order valence-corrected chi connectivity index (χ2v) is 5.88.